The van der Waals surface area contributed by atoms with Crippen molar-refractivity contribution >= 4 is 50.1 Å². The molecule has 2 aromatic rings. The molecule has 3 rings (SSSR count). The molecule has 0 spiro atoms. The number of thiophene rings is 1. The highest BCUT2D eigenvalue weighted by Crippen LogP contribution is 2.45. The van der Waals surface area contributed by atoms with Gasteiger partial charge in [-0.1, -0.05) is 15.9 Å². The molecule has 30 heavy (non-hydrogen) atoms. The maximum absolute atomic E-state index is 12.6. The van der Waals surface area contributed by atoms with E-state index in [0.717, 1.165) is 20.5 Å². The van der Waals surface area contributed by atoms with Gasteiger partial charge >= 0.3 is 11.9 Å². The Labute approximate surface area is 186 Å². The summed E-state index contributed by atoms with van der Waals surface area (Å²) in [5, 5.41) is 3.11. The maximum atomic E-state index is 12.6. The molecule has 0 aliphatic heterocycles. The first kappa shape index (κ1) is 22.3. The fraction of sp³-hybridized carbons (Fsp3) is 0.381. The molecule has 0 fully saturated rings. The molecule has 0 saturated heterocycles. The van der Waals surface area contributed by atoms with Crippen LogP contribution >= 0.6 is 27.3 Å². The standard InChI is InChI=1S/C21H22BrNO6S/c1-10-7-12(22)8-11(2)18(10)29-9-15(24)23-19-17(21(26)28-4)16-13(20(25)27-3)5-6-14(16)30-19/h7-8,13H,5-6,9H2,1-4H3,(H,23,24). The van der Waals surface area contributed by atoms with E-state index >= 15 is 0 Å². The Kier molecular flexibility index (Phi) is 6.82. The molecule has 1 N–H and O–H groups in total. The lowest BCUT2D eigenvalue weighted by Gasteiger charge is -2.14. The second kappa shape index (κ2) is 9.18. The summed E-state index contributed by atoms with van der Waals surface area (Å²) in [5.41, 5.74) is 2.62. The Morgan fingerprint density at radius 1 is 1.17 bits per heavy atom. The predicted molar refractivity (Wildman–Crippen MR) is 116 cm³/mol. The number of amides is 1. The molecule has 1 atom stereocenters. The Morgan fingerprint density at radius 2 is 1.83 bits per heavy atom. The van der Waals surface area contributed by atoms with Crippen molar-refractivity contribution in [3.63, 3.8) is 0 Å². The average Bonchev–Trinajstić information content (AvgIpc) is 3.24. The van der Waals surface area contributed by atoms with Crippen LogP contribution in [0.3, 0.4) is 0 Å². The summed E-state index contributed by atoms with van der Waals surface area (Å²) in [5.74, 6) is -1.30. The number of carbonyl (C=O) groups excluding carboxylic acids is 3. The van der Waals surface area contributed by atoms with Crippen molar-refractivity contribution in [3.05, 3.63) is 43.7 Å². The number of hydrogen-bond donors (Lipinski definition) is 1. The lowest BCUT2D eigenvalue weighted by molar-refractivity contribution is -0.142. The maximum Gasteiger partial charge on any atom is 0.341 e. The topological polar surface area (TPSA) is 90.9 Å². The lowest BCUT2D eigenvalue weighted by Crippen LogP contribution is -2.22. The minimum absolute atomic E-state index is 0.215. The normalized spacial score (nSPS) is 14.8. The van der Waals surface area contributed by atoms with Crippen molar-refractivity contribution < 1.29 is 28.6 Å². The number of benzene rings is 1. The van der Waals surface area contributed by atoms with Crippen LogP contribution in [0.2, 0.25) is 0 Å². The summed E-state index contributed by atoms with van der Waals surface area (Å²) in [4.78, 5) is 38.0. The van der Waals surface area contributed by atoms with Crippen molar-refractivity contribution in [2.75, 3.05) is 26.1 Å². The van der Waals surface area contributed by atoms with Gasteiger partial charge in [-0.25, -0.2) is 4.79 Å². The van der Waals surface area contributed by atoms with E-state index in [1.165, 1.54) is 25.6 Å². The van der Waals surface area contributed by atoms with Gasteiger partial charge in [-0.3, -0.25) is 9.59 Å². The minimum Gasteiger partial charge on any atom is -0.483 e. The second-order valence-corrected chi connectivity index (χ2v) is 8.98. The zero-order valence-corrected chi connectivity index (χ0v) is 19.5. The molecule has 9 heteroatoms. The van der Waals surface area contributed by atoms with E-state index in [1.54, 1.807) is 0 Å². The van der Waals surface area contributed by atoms with Gasteiger partial charge in [0, 0.05) is 9.35 Å². The SMILES string of the molecule is COC(=O)c1c(NC(=O)COc2c(C)cc(Br)cc2C)sc2c1C(C(=O)OC)CC2. The van der Waals surface area contributed by atoms with Crippen molar-refractivity contribution in [1.82, 2.24) is 0 Å². The number of ether oxygens (including phenoxy) is 3. The zero-order valence-electron chi connectivity index (χ0n) is 17.1. The first-order valence-corrected chi connectivity index (χ1v) is 10.9. The van der Waals surface area contributed by atoms with Crippen LogP contribution in [-0.2, 0) is 25.5 Å². The van der Waals surface area contributed by atoms with Crippen molar-refractivity contribution in [1.29, 1.82) is 0 Å². The van der Waals surface area contributed by atoms with Crippen LogP contribution in [0, 0.1) is 13.8 Å². The molecule has 1 aromatic carbocycles. The van der Waals surface area contributed by atoms with E-state index in [9.17, 15) is 14.4 Å². The Hall–Kier alpha value is -2.39. The molecule has 1 aliphatic rings. The van der Waals surface area contributed by atoms with Crippen molar-refractivity contribution in [2.24, 2.45) is 0 Å². The molecule has 0 saturated carbocycles. The molecule has 1 amide bonds. The third-order valence-electron chi connectivity index (χ3n) is 4.93. The van der Waals surface area contributed by atoms with Crippen LogP contribution in [-0.4, -0.2) is 38.7 Å². The Balaban J connectivity index is 1.81. The van der Waals surface area contributed by atoms with Gasteiger partial charge in [0.2, 0.25) is 0 Å². The largest absolute Gasteiger partial charge is 0.483 e. The summed E-state index contributed by atoms with van der Waals surface area (Å²) in [6, 6.07) is 3.82. The molecule has 160 valence electrons. The molecule has 1 heterocycles. The number of hydrogen-bond acceptors (Lipinski definition) is 7. The summed E-state index contributed by atoms with van der Waals surface area (Å²) in [6.07, 6.45) is 1.20. The molecule has 0 radical (unpaired) electrons. The molecule has 0 bridgehead atoms. The number of nitrogens with one attached hydrogen (secondary N) is 1. The van der Waals surface area contributed by atoms with E-state index in [0.29, 0.717) is 29.2 Å². The predicted octanol–water partition coefficient (Wildman–Crippen LogP) is 4.13. The zero-order chi connectivity index (χ0) is 22.0. The van der Waals surface area contributed by atoms with Crippen LogP contribution in [0.5, 0.6) is 5.75 Å². The van der Waals surface area contributed by atoms with E-state index in [4.69, 9.17) is 14.2 Å². The minimum atomic E-state index is -0.598. The summed E-state index contributed by atoms with van der Waals surface area (Å²) < 4.78 is 16.4. The molecular weight excluding hydrogens is 474 g/mol. The Bertz CT molecular complexity index is 992. The number of methoxy groups -OCH3 is 2. The fourth-order valence-electron chi connectivity index (χ4n) is 3.66. The van der Waals surface area contributed by atoms with Crippen LogP contribution in [0.4, 0.5) is 5.00 Å². The van der Waals surface area contributed by atoms with Crippen LogP contribution in [0.1, 0.15) is 44.3 Å². The van der Waals surface area contributed by atoms with E-state index in [2.05, 4.69) is 21.2 Å². The highest BCUT2D eigenvalue weighted by Gasteiger charge is 2.38. The van der Waals surface area contributed by atoms with Crippen molar-refractivity contribution in [2.45, 2.75) is 32.6 Å². The highest BCUT2D eigenvalue weighted by atomic mass is 79.9. The fourth-order valence-corrected chi connectivity index (χ4v) is 5.63. The molecule has 1 aliphatic carbocycles. The van der Waals surface area contributed by atoms with Crippen LogP contribution in [0.25, 0.3) is 0 Å². The number of aryl methyl sites for hydroxylation is 3. The van der Waals surface area contributed by atoms with E-state index in [-0.39, 0.29) is 12.2 Å². The molecular formula is C21H22BrNO6S. The number of fused-ring (bicyclic) bond motifs is 1. The number of rotatable bonds is 6. The van der Waals surface area contributed by atoms with E-state index < -0.39 is 23.8 Å². The molecule has 1 aromatic heterocycles. The summed E-state index contributed by atoms with van der Waals surface area (Å²) in [6.45, 7) is 3.58. The first-order valence-electron chi connectivity index (χ1n) is 9.27. The van der Waals surface area contributed by atoms with E-state index in [1.807, 2.05) is 26.0 Å². The number of esters is 2. The summed E-state index contributed by atoms with van der Waals surface area (Å²) >= 11 is 4.71. The van der Waals surface area contributed by atoms with Gasteiger partial charge < -0.3 is 19.5 Å². The number of anilines is 1. The quantitative estimate of drug-likeness (QED) is 0.605. The van der Waals surface area contributed by atoms with Gasteiger partial charge in [-0.2, -0.15) is 0 Å². The lowest BCUT2D eigenvalue weighted by atomic mass is 9.99. The smallest absolute Gasteiger partial charge is 0.341 e. The average molecular weight is 496 g/mol. The second-order valence-electron chi connectivity index (χ2n) is 6.95. The van der Waals surface area contributed by atoms with Gasteiger partial charge in [0.1, 0.15) is 10.8 Å². The number of halogens is 1. The van der Waals surface area contributed by atoms with Crippen LogP contribution in [0.15, 0.2) is 16.6 Å². The van der Waals surface area contributed by atoms with Gasteiger partial charge in [-0.15, -0.1) is 11.3 Å². The Morgan fingerprint density at radius 3 is 2.43 bits per heavy atom. The van der Waals surface area contributed by atoms with Crippen LogP contribution < -0.4 is 10.1 Å². The summed E-state index contributed by atoms with van der Waals surface area (Å²) in [7, 11) is 2.58. The molecule has 1 unspecified atom stereocenters. The van der Waals surface area contributed by atoms with Crippen molar-refractivity contribution in [3.8, 4) is 5.75 Å². The molecule has 7 nitrogen and oxygen atoms in total. The van der Waals surface area contributed by atoms with Gasteiger partial charge in [0.05, 0.1) is 25.7 Å². The van der Waals surface area contributed by atoms with Gasteiger partial charge in [-0.05, 0) is 55.5 Å². The number of carbonyl (C=O) groups is 3. The van der Waals surface area contributed by atoms with Gasteiger partial charge in [0.25, 0.3) is 5.91 Å². The van der Waals surface area contributed by atoms with Gasteiger partial charge in [0.15, 0.2) is 6.61 Å². The highest BCUT2D eigenvalue weighted by molar-refractivity contribution is 9.10. The third kappa shape index (κ3) is 4.37. The first-order chi connectivity index (χ1) is 14.3. The monoisotopic (exact) mass is 495 g/mol. The third-order valence-corrected chi connectivity index (χ3v) is 6.57.